The van der Waals surface area contributed by atoms with Gasteiger partial charge in [0.05, 0.1) is 0 Å². The average Bonchev–Trinajstić information content (AvgIpc) is 2.54. The Morgan fingerprint density at radius 1 is 1.25 bits per heavy atom. The van der Waals surface area contributed by atoms with E-state index in [1.54, 1.807) is 0 Å². The Kier molecular flexibility index (Phi) is 4.72. The first-order valence-electron chi connectivity index (χ1n) is 7.24. The van der Waals surface area contributed by atoms with Crippen molar-refractivity contribution < 1.29 is 14.7 Å². The van der Waals surface area contributed by atoms with Gasteiger partial charge in [0.2, 0.25) is 0 Å². The second-order valence-corrected chi connectivity index (χ2v) is 7.79. The quantitative estimate of drug-likeness (QED) is 0.837. The molecule has 0 aromatic heterocycles. The predicted octanol–water partition coefficient (Wildman–Crippen LogP) is 2.71. The molecule has 1 aliphatic heterocycles. The standard InChI is InChI=1S/C15H28N2O3/c1-10-7-8-17(11(10)12(18)19)13(20)16-15(5,6)9-14(2,3)4/h10-11H,7-9H2,1-6H3,(H,16,20)(H,18,19). The number of amides is 2. The van der Waals surface area contributed by atoms with Crippen molar-refractivity contribution in [2.45, 2.75) is 66.0 Å². The van der Waals surface area contributed by atoms with E-state index >= 15 is 0 Å². The Morgan fingerprint density at radius 3 is 2.25 bits per heavy atom. The van der Waals surface area contributed by atoms with Crippen LogP contribution in [0.1, 0.15) is 54.4 Å². The van der Waals surface area contributed by atoms with Crippen molar-refractivity contribution in [2.75, 3.05) is 6.54 Å². The average molecular weight is 284 g/mol. The summed E-state index contributed by atoms with van der Waals surface area (Å²) < 4.78 is 0. The molecule has 5 nitrogen and oxygen atoms in total. The predicted molar refractivity (Wildman–Crippen MR) is 78.6 cm³/mol. The molecule has 1 aliphatic rings. The molecule has 1 rings (SSSR count). The minimum absolute atomic E-state index is 0.00368. The lowest BCUT2D eigenvalue weighted by molar-refractivity contribution is -0.142. The van der Waals surface area contributed by atoms with Crippen LogP contribution in [0.3, 0.4) is 0 Å². The summed E-state index contributed by atoms with van der Waals surface area (Å²) >= 11 is 0. The van der Waals surface area contributed by atoms with Gasteiger partial charge in [-0.15, -0.1) is 0 Å². The number of nitrogens with one attached hydrogen (secondary N) is 1. The lowest BCUT2D eigenvalue weighted by Crippen LogP contribution is -2.54. The van der Waals surface area contributed by atoms with Gasteiger partial charge in [-0.25, -0.2) is 9.59 Å². The fourth-order valence-corrected chi connectivity index (χ4v) is 3.28. The zero-order chi connectivity index (χ0) is 15.7. The van der Waals surface area contributed by atoms with E-state index < -0.39 is 12.0 Å². The molecule has 116 valence electrons. The minimum atomic E-state index is -0.918. The highest BCUT2D eigenvalue weighted by Gasteiger charge is 2.41. The zero-order valence-electron chi connectivity index (χ0n) is 13.5. The third-order valence-corrected chi connectivity index (χ3v) is 3.63. The number of urea groups is 1. The fourth-order valence-electron chi connectivity index (χ4n) is 3.28. The molecule has 0 aromatic rings. The molecule has 5 heteroatoms. The number of hydrogen-bond donors (Lipinski definition) is 2. The number of hydrogen-bond acceptors (Lipinski definition) is 2. The molecular formula is C15H28N2O3. The first kappa shape index (κ1) is 16.8. The number of carbonyl (C=O) groups excluding carboxylic acids is 1. The molecule has 1 saturated heterocycles. The molecule has 2 atom stereocenters. The summed E-state index contributed by atoms with van der Waals surface area (Å²) in [6, 6.07) is -0.976. The van der Waals surface area contributed by atoms with Crippen LogP contribution in [0.5, 0.6) is 0 Å². The highest BCUT2D eigenvalue weighted by atomic mass is 16.4. The SMILES string of the molecule is CC1CCN(C(=O)NC(C)(C)CC(C)(C)C)C1C(=O)O. The third kappa shape index (κ3) is 4.39. The first-order chi connectivity index (χ1) is 8.93. The molecule has 2 unspecified atom stereocenters. The molecule has 1 heterocycles. The van der Waals surface area contributed by atoms with Gasteiger partial charge in [0, 0.05) is 12.1 Å². The van der Waals surface area contributed by atoms with Crippen molar-refractivity contribution in [3.8, 4) is 0 Å². The largest absolute Gasteiger partial charge is 0.480 e. The van der Waals surface area contributed by atoms with Crippen molar-refractivity contribution in [1.29, 1.82) is 0 Å². The Bertz CT molecular complexity index is 385. The molecule has 20 heavy (non-hydrogen) atoms. The molecule has 1 fully saturated rings. The summed E-state index contributed by atoms with van der Waals surface area (Å²) in [5.41, 5.74) is -0.258. The second-order valence-electron chi connectivity index (χ2n) is 7.79. The Morgan fingerprint density at radius 2 is 1.80 bits per heavy atom. The Balaban J connectivity index is 2.73. The van der Waals surface area contributed by atoms with Crippen LogP contribution in [0.2, 0.25) is 0 Å². The van der Waals surface area contributed by atoms with Gasteiger partial charge in [0.1, 0.15) is 6.04 Å². The number of likely N-dealkylation sites (tertiary alicyclic amines) is 1. The number of rotatable bonds is 3. The van der Waals surface area contributed by atoms with Crippen LogP contribution in [0.4, 0.5) is 4.79 Å². The maximum atomic E-state index is 12.4. The molecule has 0 aromatic carbocycles. The molecule has 0 radical (unpaired) electrons. The Labute approximate surface area is 121 Å². The summed E-state index contributed by atoms with van der Waals surface area (Å²) in [6.45, 7) is 12.7. The number of carbonyl (C=O) groups is 2. The van der Waals surface area contributed by atoms with Gasteiger partial charge >= 0.3 is 12.0 Å². The van der Waals surface area contributed by atoms with Crippen LogP contribution in [0.15, 0.2) is 0 Å². The smallest absolute Gasteiger partial charge is 0.326 e. The summed E-state index contributed by atoms with van der Waals surface area (Å²) in [5, 5.41) is 12.2. The van der Waals surface area contributed by atoms with Gasteiger partial charge in [-0.2, -0.15) is 0 Å². The third-order valence-electron chi connectivity index (χ3n) is 3.63. The van der Waals surface area contributed by atoms with Crippen LogP contribution in [-0.2, 0) is 4.79 Å². The van der Waals surface area contributed by atoms with Gasteiger partial charge < -0.3 is 15.3 Å². The molecular weight excluding hydrogens is 256 g/mol. The van der Waals surface area contributed by atoms with Crippen molar-refractivity contribution >= 4 is 12.0 Å². The molecule has 0 bridgehead atoms. The molecule has 0 saturated carbocycles. The lowest BCUT2D eigenvalue weighted by Gasteiger charge is -2.35. The van der Waals surface area contributed by atoms with Gasteiger partial charge in [0.25, 0.3) is 0 Å². The molecule has 0 aliphatic carbocycles. The van der Waals surface area contributed by atoms with E-state index in [-0.39, 0.29) is 22.9 Å². The lowest BCUT2D eigenvalue weighted by atomic mass is 9.82. The van der Waals surface area contributed by atoms with Crippen molar-refractivity contribution in [3.05, 3.63) is 0 Å². The van der Waals surface area contributed by atoms with Crippen LogP contribution >= 0.6 is 0 Å². The van der Waals surface area contributed by atoms with E-state index in [9.17, 15) is 14.7 Å². The number of aliphatic carboxylic acids is 1. The fraction of sp³-hybridized carbons (Fsp3) is 0.867. The summed E-state index contributed by atoms with van der Waals surface area (Å²) in [5.74, 6) is -0.914. The van der Waals surface area contributed by atoms with E-state index in [4.69, 9.17) is 0 Å². The highest BCUT2D eigenvalue weighted by molar-refractivity contribution is 5.84. The van der Waals surface area contributed by atoms with Crippen molar-refractivity contribution in [2.24, 2.45) is 11.3 Å². The number of carboxylic acids is 1. The molecule has 2 amide bonds. The van der Waals surface area contributed by atoms with E-state index in [0.29, 0.717) is 6.54 Å². The molecule has 2 N–H and O–H groups in total. The van der Waals surface area contributed by atoms with Crippen LogP contribution in [0, 0.1) is 11.3 Å². The van der Waals surface area contributed by atoms with E-state index in [2.05, 4.69) is 26.1 Å². The maximum Gasteiger partial charge on any atom is 0.326 e. The van der Waals surface area contributed by atoms with Crippen molar-refractivity contribution in [3.63, 3.8) is 0 Å². The summed E-state index contributed by atoms with van der Waals surface area (Å²) in [4.78, 5) is 25.1. The van der Waals surface area contributed by atoms with E-state index in [1.165, 1.54) is 4.90 Å². The van der Waals surface area contributed by atoms with Gasteiger partial charge in [-0.05, 0) is 38.0 Å². The topological polar surface area (TPSA) is 69.6 Å². The van der Waals surface area contributed by atoms with Gasteiger partial charge in [-0.3, -0.25) is 0 Å². The van der Waals surface area contributed by atoms with E-state index in [1.807, 2.05) is 20.8 Å². The van der Waals surface area contributed by atoms with Crippen LogP contribution < -0.4 is 5.32 Å². The summed E-state index contributed by atoms with van der Waals surface area (Å²) in [6.07, 6.45) is 1.57. The Hall–Kier alpha value is -1.26. The van der Waals surface area contributed by atoms with Crippen LogP contribution in [-0.4, -0.2) is 40.1 Å². The van der Waals surface area contributed by atoms with Gasteiger partial charge in [0.15, 0.2) is 0 Å². The first-order valence-corrected chi connectivity index (χ1v) is 7.24. The van der Waals surface area contributed by atoms with Crippen molar-refractivity contribution in [1.82, 2.24) is 10.2 Å². The number of nitrogens with zero attached hydrogens (tertiary/aromatic N) is 1. The molecule has 0 spiro atoms. The van der Waals surface area contributed by atoms with E-state index in [0.717, 1.165) is 12.8 Å². The second kappa shape index (κ2) is 5.62. The van der Waals surface area contributed by atoms with Crippen LogP contribution in [0.25, 0.3) is 0 Å². The highest BCUT2D eigenvalue weighted by Crippen LogP contribution is 2.28. The van der Waals surface area contributed by atoms with Gasteiger partial charge in [-0.1, -0.05) is 27.7 Å². The maximum absolute atomic E-state index is 12.4. The monoisotopic (exact) mass is 284 g/mol. The number of carboxylic acid groups (broad SMARTS) is 1. The normalized spacial score (nSPS) is 23.8. The zero-order valence-corrected chi connectivity index (χ0v) is 13.5. The summed E-state index contributed by atoms with van der Waals surface area (Å²) in [7, 11) is 0. The minimum Gasteiger partial charge on any atom is -0.480 e.